The van der Waals surface area contributed by atoms with E-state index >= 15 is 0 Å². The van der Waals surface area contributed by atoms with Gasteiger partial charge in [-0.15, -0.1) is 6.58 Å². The van der Waals surface area contributed by atoms with Gasteiger partial charge in [-0.1, -0.05) is 48.7 Å². The largest absolute Gasteiger partial charge is 0.420 e. The van der Waals surface area contributed by atoms with E-state index in [1.54, 1.807) is 0 Å². The van der Waals surface area contributed by atoms with Crippen LogP contribution in [0, 0.1) is 6.92 Å². The molecule has 0 amide bonds. The summed E-state index contributed by atoms with van der Waals surface area (Å²) < 4.78 is 18.2. The molecule has 4 rings (SSSR count). The lowest BCUT2D eigenvalue weighted by Crippen LogP contribution is -2.56. The Bertz CT molecular complexity index is 672. The van der Waals surface area contributed by atoms with Gasteiger partial charge in [0.25, 0.3) is 8.32 Å². The maximum atomic E-state index is 6.54. The summed E-state index contributed by atoms with van der Waals surface area (Å²) in [7, 11) is -4.20. The van der Waals surface area contributed by atoms with Crippen LogP contribution in [0.4, 0.5) is 0 Å². The van der Waals surface area contributed by atoms with E-state index in [1.165, 1.54) is 72.6 Å². The van der Waals surface area contributed by atoms with Crippen molar-refractivity contribution in [1.29, 1.82) is 0 Å². The molecule has 0 aromatic heterocycles. The minimum Gasteiger partial charge on any atom is -0.420 e. The monoisotopic (exact) mass is 462 g/mol. The average Bonchev–Trinajstić information content (AvgIpc) is 2.75. The van der Waals surface area contributed by atoms with Crippen molar-refractivity contribution in [3.05, 3.63) is 41.6 Å². The number of benzene rings is 1. The molecule has 3 aliphatic rings. The molecule has 0 N–H and O–H groups in total. The smallest absolute Gasteiger partial charge is 0.251 e. The molecule has 3 saturated heterocycles. The number of rotatable bonds is 4. The van der Waals surface area contributed by atoms with Crippen LogP contribution < -0.4 is 5.19 Å². The molecule has 6 heteroatoms. The highest BCUT2D eigenvalue weighted by Crippen LogP contribution is 2.32. The molecule has 1 aromatic carbocycles. The summed E-state index contributed by atoms with van der Waals surface area (Å²) >= 11 is 0. The lowest BCUT2D eigenvalue weighted by molar-refractivity contribution is 0.275. The molecule has 3 fully saturated rings. The topological polar surface area (TPSA) is 27.7 Å². The number of hydrogen-bond donors (Lipinski definition) is 0. The highest BCUT2D eigenvalue weighted by Gasteiger charge is 2.43. The Balaban J connectivity index is 0.000000269. The van der Waals surface area contributed by atoms with Gasteiger partial charge in [0.2, 0.25) is 0 Å². The molecule has 2 atom stereocenters. The van der Waals surface area contributed by atoms with Gasteiger partial charge in [0.1, 0.15) is 0 Å². The molecule has 1 aromatic rings. The fourth-order valence-corrected chi connectivity index (χ4v) is 15.0. The maximum Gasteiger partial charge on any atom is 0.251 e. The molecule has 0 saturated carbocycles. The normalized spacial score (nSPS) is 28.8. The molecule has 0 spiro atoms. The summed E-state index contributed by atoms with van der Waals surface area (Å²) in [6, 6.07) is 13.8. The van der Waals surface area contributed by atoms with Gasteiger partial charge in [-0.25, -0.2) is 0 Å². The summed E-state index contributed by atoms with van der Waals surface area (Å²) in [4.78, 5) is 0. The quantitative estimate of drug-likeness (QED) is 0.546. The van der Waals surface area contributed by atoms with Crippen LogP contribution in [0.25, 0.3) is 0 Å². The van der Waals surface area contributed by atoms with Crippen molar-refractivity contribution in [3.63, 3.8) is 0 Å². The van der Waals surface area contributed by atoms with E-state index in [4.69, 9.17) is 13.3 Å². The molecular formula is C24H42O3Si3. The van der Waals surface area contributed by atoms with Crippen LogP contribution in [-0.4, -0.2) is 45.5 Å². The first-order valence-corrected chi connectivity index (χ1v) is 19.4. The molecule has 0 aliphatic carbocycles. The number of aryl methyl sites for hydroxylation is 1. The van der Waals surface area contributed by atoms with E-state index in [0.29, 0.717) is 0 Å². The Morgan fingerprint density at radius 1 is 0.933 bits per heavy atom. The fourth-order valence-electron chi connectivity index (χ4n) is 4.98. The van der Waals surface area contributed by atoms with E-state index < -0.39 is 25.7 Å². The van der Waals surface area contributed by atoms with Crippen LogP contribution in [-0.2, 0) is 13.3 Å². The minimum absolute atomic E-state index is 0.909. The van der Waals surface area contributed by atoms with Crippen molar-refractivity contribution in [2.24, 2.45) is 0 Å². The van der Waals surface area contributed by atoms with Gasteiger partial charge in [-0.05, 0) is 74.2 Å². The summed E-state index contributed by atoms with van der Waals surface area (Å²) in [6.45, 7) is 14.3. The van der Waals surface area contributed by atoms with Crippen LogP contribution in [0.1, 0.15) is 44.1 Å². The van der Waals surface area contributed by atoms with Crippen molar-refractivity contribution < 1.29 is 13.3 Å². The highest BCUT2D eigenvalue weighted by molar-refractivity contribution is 6.93. The Kier molecular flexibility index (Phi) is 9.16. The van der Waals surface area contributed by atoms with Crippen LogP contribution in [0.2, 0.25) is 37.3 Å². The lowest BCUT2D eigenvalue weighted by atomic mass is 10.2. The number of allylic oxidation sites excluding steroid dienone is 1. The zero-order valence-electron chi connectivity index (χ0n) is 19.5. The first-order chi connectivity index (χ1) is 14.4. The molecule has 3 aliphatic heterocycles. The second-order valence-electron chi connectivity index (χ2n) is 9.81. The van der Waals surface area contributed by atoms with Crippen LogP contribution in [0.15, 0.2) is 36.0 Å². The minimum atomic E-state index is -2.03. The van der Waals surface area contributed by atoms with E-state index in [2.05, 4.69) is 50.9 Å². The Hall–Kier alpha value is -0.509. The SMILES string of the molecule is C=C(C[SiH]1CCCCO1)[Si]1(c2ccccc2C)CCCCO1.C[Si]1(C)CCCCO1. The van der Waals surface area contributed by atoms with Gasteiger partial charge >= 0.3 is 0 Å². The van der Waals surface area contributed by atoms with Crippen molar-refractivity contribution in [1.82, 2.24) is 0 Å². The van der Waals surface area contributed by atoms with Crippen molar-refractivity contribution in [2.75, 3.05) is 19.8 Å². The molecule has 0 bridgehead atoms. The Morgan fingerprint density at radius 3 is 2.17 bits per heavy atom. The molecule has 30 heavy (non-hydrogen) atoms. The van der Waals surface area contributed by atoms with Crippen LogP contribution in [0.3, 0.4) is 0 Å². The number of hydrogen-bond acceptors (Lipinski definition) is 3. The summed E-state index contributed by atoms with van der Waals surface area (Å²) in [5.41, 5.74) is 1.38. The third-order valence-corrected chi connectivity index (χ3v) is 17.0. The predicted octanol–water partition coefficient (Wildman–Crippen LogP) is 5.59. The second kappa shape index (κ2) is 11.4. The Morgan fingerprint density at radius 2 is 1.63 bits per heavy atom. The summed E-state index contributed by atoms with van der Waals surface area (Å²) in [5.74, 6) is 0. The average molecular weight is 463 g/mol. The van der Waals surface area contributed by atoms with Crippen LogP contribution >= 0.6 is 0 Å². The zero-order chi connectivity index (χ0) is 21.5. The summed E-state index contributed by atoms with van der Waals surface area (Å²) in [6.07, 6.45) is 7.77. The van der Waals surface area contributed by atoms with Crippen molar-refractivity contribution in [2.45, 2.75) is 82.7 Å². The predicted molar refractivity (Wildman–Crippen MR) is 135 cm³/mol. The van der Waals surface area contributed by atoms with E-state index in [9.17, 15) is 0 Å². The van der Waals surface area contributed by atoms with Gasteiger partial charge < -0.3 is 13.3 Å². The van der Waals surface area contributed by atoms with Gasteiger partial charge in [0.15, 0.2) is 17.4 Å². The van der Waals surface area contributed by atoms with E-state index in [1.807, 2.05) is 0 Å². The first-order valence-electron chi connectivity index (χ1n) is 12.1. The van der Waals surface area contributed by atoms with Gasteiger partial charge in [-0.3, -0.25) is 0 Å². The highest BCUT2D eigenvalue weighted by atomic mass is 28.4. The molecule has 2 unspecified atom stereocenters. The maximum absolute atomic E-state index is 6.54. The summed E-state index contributed by atoms with van der Waals surface area (Å²) in [5, 5.41) is 2.87. The fraction of sp³-hybridized carbons (Fsp3) is 0.667. The molecular weight excluding hydrogens is 421 g/mol. The lowest BCUT2D eigenvalue weighted by Gasteiger charge is -2.39. The zero-order valence-corrected chi connectivity index (χ0v) is 22.7. The standard InChI is InChI=1S/C18H28O2Si2.C6H14OSi/c1-16-9-3-4-10-18(16)22(14-8-6-12-20-22)17(2)15-21-13-7-5-11-19-21;1-8(2)6-4-3-5-7-8/h3-4,9-10,21H,2,5-8,11-15H2,1H3;3-6H2,1-2H3. The van der Waals surface area contributed by atoms with Crippen LogP contribution in [0.5, 0.6) is 0 Å². The van der Waals surface area contributed by atoms with Crippen molar-refractivity contribution in [3.8, 4) is 0 Å². The van der Waals surface area contributed by atoms with Crippen molar-refractivity contribution >= 4 is 30.9 Å². The first kappa shape index (κ1) is 24.1. The third kappa shape index (κ3) is 6.50. The Labute approximate surface area is 188 Å². The molecule has 3 nitrogen and oxygen atoms in total. The third-order valence-electron chi connectivity index (χ3n) is 6.84. The molecule has 0 radical (unpaired) electrons. The molecule has 3 heterocycles. The molecule has 168 valence electrons. The second-order valence-corrected chi connectivity index (χ2v) is 20.4. The van der Waals surface area contributed by atoms with Gasteiger partial charge in [0, 0.05) is 19.8 Å². The van der Waals surface area contributed by atoms with Gasteiger partial charge in [-0.2, -0.15) is 0 Å². The van der Waals surface area contributed by atoms with Gasteiger partial charge in [0.05, 0.1) is 0 Å². The van der Waals surface area contributed by atoms with E-state index in [0.717, 1.165) is 25.9 Å². The van der Waals surface area contributed by atoms with E-state index in [-0.39, 0.29) is 0 Å².